The number of aliphatic hydroxyl groups excluding tert-OH is 2. The Labute approximate surface area is 96.5 Å². The summed E-state index contributed by atoms with van der Waals surface area (Å²) in [7, 11) is 0. The largest absolute Gasteiger partial charge is 0.390 e. The van der Waals surface area contributed by atoms with Crippen LogP contribution < -0.4 is 0 Å². The van der Waals surface area contributed by atoms with Crippen LogP contribution in [0, 0.1) is 5.95 Å². The van der Waals surface area contributed by atoms with Gasteiger partial charge in [0.1, 0.15) is 6.10 Å². The van der Waals surface area contributed by atoms with E-state index < -0.39 is 18.2 Å². The Hall–Kier alpha value is -0.420. The van der Waals surface area contributed by atoms with Gasteiger partial charge < -0.3 is 10.2 Å². The fourth-order valence-electron chi connectivity index (χ4n) is 1.12. The maximum Gasteiger partial charge on any atom is 0.218 e. The second kappa shape index (κ2) is 5.61. The van der Waals surface area contributed by atoms with E-state index in [0.29, 0.717) is 0 Å². The van der Waals surface area contributed by atoms with Crippen LogP contribution in [-0.4, -0.2) is 27.2 Å². The molecule has 15 heavy (non-hydrogen) atoms. The molecule has 0 aliphatic carbocycles. The van der Waals surface area contributed by atoms with E-state index in [1.165, 1.54) is 6.07 Å². The zero-order valence-corrected chi connectivity index (χ0v) is 9.21. The minimum absolute atomic E-state index is 0.125. The molecule has 0 amide bonds. The number of hydrogen-bond acceptors (Lipinski definition) is 3. The van der Waals surface area contributed by atoms with Crippen LogP contribution in [0.3, 0.4) is 0 Å². The van der Waals surface area contributed by atoms with Gasteiger partial charge in [-0.3, -0.25) is 0 Å². The topological polar surface area (TPSA) is 53.4 Å². The first-order valence-electron chi connectivity index (χ1n) is 4.29. The van der Waals surface area contributed by atoms with Crippen molar-refractivity contribution in [3.63, 3.8) is 0 Å². The van der Waals surface area contributed by atoms with Crippen molar-refractivity contribution in [1.29, 1.82) is 0 Å². The summed E-state index contributed by atoms with van der Waals surface area (Å²) in [6, 6.07) is 1.23. The standard InChI is InChI=1S/C9H10Cl2FNO2/c10-2-1-7(14)8(15)6-3-5(11)4-13-9(6)12/h3-4,7-8,14-15H,1-2H2. The van der Waals surface area contributed by atoms with E-state index in [4.69, 9.17) is 23.2 Å². The van der Waals surface area contributed by atoms with Crippen LogP contribution in [0.1, 0.15) is 18.1 Å². The van der Waals surface area contributed by atoms with E-state index in [1.807, 2.05) is 0 Å². The molecule has 2 N–H and O–H groups in total. The van der Waals surface area contributed by atoms with Crippen LogP contribution in [0.5, 0.6) is 0 Å². The van der Waals surface area contributed by atoms with Crippen molar-refractivity contribution in [2.24, 2.45) is 0 Å². The number of nitrogens with zero attached hydrogens (tertiary/aromatic N) is 1. The van der Waals surface area contributed by atoms with E-state index in [0.717, 1.165) is 6.20 Å². The molecule has 0 aromatic carbocycles. The lowest BCUT2D eigenvalue weighted by Crippen LogP contribution is -2.20. The van der Waals surface area contributed by atoms with Gasteiger partial charge in [0.15, 0.2) is 0 Å². The average molecular weight is 254 g/mol. The van der Waals surface area contributed by atoms with Gasteiger partial charge in [0.05, 0.1) is 11.1 Å². The van der Waals surface area contributed by atoms with Crippen molar-refractivity contribution in [3.05, 3.63) is 28.8 Å². The van der Waals surface area contributed by atoms with Crippen molar-refractivity contribution in [2.75, 3.05) is 5.88 Å². The highest BCUT2D eigenvalue weighted by Gasteiger charge is 2.22. The number of halogens is 3. The Morgan fingerprint density at radius 1 is 1.47 bits per heavy atom. The predicted molar refractivity (Wildman–Crippen MR) is 55.5 cm³/mol. The summed E-state index contributed by atoms with van der Waals surface area (Å²) in [4.78, 5) is 3.34. The molecule has 2 atom stereocenters. The van der Waals surface area contributed by atoms with E-state index in [2.05, 4.69) is 4.98 Å². The van der Waals surface area contributed by atoms with E-state index in [-0.39, 0.29) is 22.9 Å². The molecular weight excluding hydrogens is 244 g/mol. The summed E-state index contributed by atoms with van der Waals surface area (Å²) in [5.41, 5.74) is -0.125. The quantitative estimate of drug-likeness (QED) is 0.637. The highest BCUT2D eigenvalue weighted by Crippen LogP contribution is 2.23. The normalized spacial score (nSPS) is 15.0. The predicted octanol–water partition coefficient (Wildman–Crippen LogP) is 1.90. The first-order chi connectivity index (χ1) is 7.06. The van der Waals surface area contributed by atoms with Crippen molar-refractivity contribution < 1.29 is 14.6 Å². The Morgan fingerprint density at radius 3 is 2.73 bits per heavy atom. The van der Waals surface area contributed by atoms with Gasteiger partial charge in [-0.25, -0.2) is 4.98 Å². The molecule has 1 aromatic rings. The third-order valence-electron chi connectivity index (χ3n) is 1.92. The van der Waals surface area contributed by atoms with Gasteiger partial charge in [-0.15, -0.1) is 11.6 Å². The Kier molecular flexibility index (Phi) is 4.73. The van der Waals surface area contributed by atoms with Crippen LogP contribution in [0.4, 0.5) is 4.39 Å². The van der Waals surface area contributed by atoms with Crippen LogP contribution in [0.15, 0.2) is 12.3 Å². The highest BCUT2D eigenvalue weighted by atomic mass is 35.5. The number of pyridine rings is 1. The second-order valence-electron chi connectivity index (χ2n) is 3.02. The summed E-state index contributed by atoms with van der Waals surface area (Å²) in [6.45, 7) is 0. The molecule has 0 aliphatic rings. The van der Waals surface area contributed by atoms with Gasteiger partial charge in [-0.05, 0) is 12.5 Å². The lowest BCUT2D eigenvalue weighted by molar-refractivity contribution is 0.0145. The molecule has 1 aromatic heterocycles. The summed E-state index contributed by atoms with van der Waals surface area (Å²) in [5.74, 6) is -0.672. The van der Waals surface area contributed by atoms with Gasteiger partial charge in [0.25, 0.3) is 0 Å². The maximum atomic E-state index is 13.1. The van der Waals surface area contributed by atoms with Crippen LogP contribution in [0.2, 0.25) is 5.02 Å². The fourth-order valence-corrected chi connectivity index (χ4v) is 1.51. The van der Waals surface area contributed by atoms with Gasteiger partial charge in [-0.2, -0.15) is 4.39 Å². The smallest absolute Gasteiger partial charge is 0.218 e. The number of alkyl halides is 1. The van der Waals surface area contributed by atoms with E-state index in [1.54, 1.807) is 0 Å². The first-order valence-corrected chi connectivity index (χ1v) is 5.20. The lowest BCUT2D eigenvalue weighted by atomic mass is 10.0. The second-order valence-corrected chi connectivity index (χ2v) is 3.84. The molecule has 1 rings (SSSR count). The Balaban J connectivity index is 2.89. The van der Waals surface area contributed by atoms with Crippen molar-refractivity contribution >= 4 is 23.2 Å². The minimum Gasteiger partial charge on any atom is -0.390 e. The van der Waals surface area contributed by atoms with Gasteiger partial charge in [0.2, 0.25) is 5.95 Å². The van der Waals surface area contributed by atoms with E-state index in [9.17, 15) is 14.6 Å². The summed E-state index contributed by atoms with van der Waals surface area (Å²) in [6.07, 6.45) is -1.21. The van der Waals surface area contributed by atoms with Gasteiger partial charge in [0, 0.05) is 17.6 Å². The first kappa shape index (κ1) is 12.6. The van der Waals surface area contributed by atoms with Crippen molar-refractivity contribution in [2.45, 2.75) is 18.6 Å². The number of hydrogen-bond donors (Lipinski definition) is 2. The molecule has 84 valence electrons. The van der Waals surface area contributed by atoms with Crippen LogP contribution >= 0.6 is 23.2 Å². The van der Waals surface area contributed by atoms with E-state index >= 15 is 0 Å². The summed E-state index contributed by atoms with van der Waals surface area (Å²) >= 11 is 11.0. The molecule has 2 unspecified atom stereocenters. The summed E-state index contributed by atoms with van der Waals surface area (Å²) < 4.78 is 13.1. The zero-order valence-electron chi connectivity index (χ0n) is 7.70. The van der Waals surface area contributed by atoms with Gasteiger partial charge in [-0.1, -0.05) is 11.6 Å². The molecule has 6 heteroatoms. The third kappa shape index (κ3) is 3.28. The third-order valence-corrected chi connectivity index (χ3v) is 2.35. The molecule has 0 spiro atoms. The number of aromatic nitrogens is 1. The van der Waals surface area contributed by atoms with Gasteiger partial charge >= 0.3 is 0 Å². The fraction of sp³-hybridized carbons (Fsp3) is 0.444. The Morgan fingerprint density at radius 2 is 2.13 bits per heavy atom. The molecule has 0 aliphatic heterocycles. The highest BCUT2D eigenvalue weighted by molar-refractivity contribution is 6.30. The maximum absolute atomic E-state index is 13.1. The number of aliphatic hydroxyl groups is 2. The molecule has 1 heterocycles. The Bertz CT molecular complexity index is 338. The number of rotatable bonds is 4. The average Bonchev–Trinajstić information content (AvgIpc) is 2.21. The minimum atomic E-state index is -1.37. The van der Waals surface area contributed by atoms with Crippen molar-refractivity contribution in [3.8, 4) is 0 Å². The lowest BCUT2D eigenvalue weighted by Gasteiger charge is -2.17. The SMILES string of the molecule is OC(CCCl)C(O)c1cc(Cl)cnc1F. The molecule has 3 nitrogen and oxygen atoms in total. The monoisotopic (exact) mass is 253 g/mol. The molecule has 0 bridgehead atoms. The molecule has 0 saturated heterocycles. The molecule has 0 fully saturated rings. The molecular formula is C9H10Cl2FNO2. The van der Waals surface area contributed by atoms with Crippen molar-refractivity contribution in [1.82, 2.24) is 4.98 Å². The van der Waals surface area contributed by atoms with Crippen LogP contribution in [0.25, 0.3) is 0 Å². The summed E-state index contributed by atoms with van der Waals surface area (Å²) in [5, 5.41) is 19.2. The molecule has 0 saturated carbocycles. The van der Waals surface area contributed by atoms with Crippen LogP contribution in [-0.2, 0) is 0 Å². The molecule has 0 radical (unpaired) electrons. The zero-order chi connectivity index (χ0) is 11.4.